The van der Waals surface area contributed by atoms with E-state index in [1.54, 1.807) is 0 Å². The van der Waals surface area contributed by atoms with Gasteiger partial charge in [0.2, 0.25) is 5.91 Å². The van der Waals surface area contributed by atoms with Gasteiger partial charge in [0, 0.05) is 37.9 Å². The molecule has 6 nitrogen and oxygen atoms in total. The van der Waals surface area contributed by atoms with Crippen LogP contribution in [0.15, 0.2) is 0 Å². The van der Waals surface area contributed by atoms with E-state index in [4.69, 9.17) is 0 Å². The van der Waals surface area contributed by atoms with Crippen molar-refractivity contribution in [3.63, 3.8) is 0 Å². The lowest BCUT2D eigenvalue weighted by Crippen LogP contribution is -2.38. The fraction of sp³-hybridized carbons (Fsp3) is 0.714. The Labute approximate surface area is 120 Å². The summed E-state index contributed by atoms with van der Waals surface area (Å²) in [7, 11) is 1.93. The molecule has 1 saturated heterocycles. The molecule has 2 rings (SSSR count). The van der Waals surface area contributed by atoms with Crippen LogP contribution in [-0.4, -0.2) is 53.3 Å². The Morgan fingerprint density at radius 1 is 1.35 bits per heavy atom. The fourth-order valence-electron chi connectivity index (χ4n) is 2.58. The van der Waals surface area contributed by atoms with Crippen LogP contribution >= 0.6 is 0 Å². The molecule has 1 aromatic heterocycles. The van der Waals surface area contributed by atoms with Crippen molar-refractivity contribution in [2.45, 2.75) is 26.8 Å². The Balaban J connectivity index is 1.82. The first-order valence-corrected chi connectivity index (χ1v) is 7.27. The second-order valence-electron chi connectivity index (χ2n) is 5.43. The van der Waals surface area contributed by atoms with Gasteiger partial charge in [-0.1, -0.05) is 0 Å². The van der Waals surface area contributed by atoms with Crippen LogP contribution in [0.1, 0.15) is 23.4 Å². The molecule has 20 heavy (non-hydrogen) atoms. The average Bonchev–Trinajstić information content (AvgIpc) is 2.62. The van der Waals surface area contributed by atoms with E-state index in [0.29, 0.717) is 13.1 Å². The van der Waals surface area contributed by atoms with Gasteiger partial charge in [-0.25, -0.2) is 0 Å². The molecule has 0 bridgehead atoms. The van der Waals surface area contributed by atoms with Crippen LogP contribution in [0.3, 0.4) is 0 Å². The van der Waals surface area contributed by atoms with E-state index in [2.05, 4.69) is 20.6 Å². The highest BCUT2D eigenvalue weighted by Crippen LogP contribution is 2.11. The second kappa shape index (κ2) is 6.85. The van der Waals surface area contributed by atoms with Crippen molar-refractivity contribution in [2.75, 3.05) is 32.7 Å². The molecule has 0 atom stereocenters. The maximum atomic E-state index is 12.0. The lowest BCUT2D eigenvalue weighted by Gasteiger charge is -2.18. The number of hydrogen-bond acceptors (Lipinski definition) is 4. The third-order valence-electron chi connectivity index (χ3n) is 3.92. The van der Waals surface area contributed by atoms with Crippen molar-refractivity contribution in [2.24, 2.45) is 7.05 Å². The van der Waals surface area contributed by atoms with Gasteiger partial charge in [-0.15, -0.1) is 0 Å². The van der Waals surface area contributed by atoms with Crippen LogP contribution < -0.4 is 10.6 Å². The molecule has 1 aliphatic heterocycles. The van der Waals surface area contributed by atoms with Gasteiger partial charge >= 0.3 is 0 Å². The smallest absolute Gasteiger partial charge is 0.234 e. The number of carbonyl (C=O) groups is 1. The van der Waals surface area contributed by atoms with Crippen molar-refractivity contribution in [1.29, 1.82) is 0 Å². The Hall–Kier alpha value is -1.40. The van der Waals surface area contributed by atoms with E-state index < -0.39 is 0 Å². The Morgan fingerprint density at radius 3 is 2.85 bits per heavy atom. The van der Waals surface area contributed by atoms with Gasteiger partial charge < -0.3 is 10.6 Å². The molecule has 0 radical (unpaired) electrons. The van der Waals surface area contributed by atoms with Gasteiger partial charge in [-0.3, -0.25) is 14.4 Å². The topological polar surface area (TPSA) is 62.2 Å². The standard InChI is InChI=1S/C14H25N5O/c1-11-13(12(2)18(3)17-11)9-16-14(20)10-19-7-4-5-15-6-8-19/h15H,4-10H2,1-3H3,(H,16,20). The molecule has 1 aliphatic rings. The molecular weight excluding hydrogens is 254 g/mol. The zero-order valence-corrected chi connectivity index (χ0v) is 12.7. The largest absolute Gasteiger partial charge is 0.351 e. The molecule has 112 valence electrons. The number of aryl methyl sites for hydroxylation is 2. The van der Waals surface area contributed by atoms with E-state index in [9.17, 15) is 4.79 Å². The van der Waals surface area contributed by atoms with Crippen molar-refractivity contribution < 1.29 is 4.79 Å². The van der Waals surface area contributed by atoms with Gasteiger partial charge in [0.1, 0.15) is 0 Å². The summed E-state index contributed by atoms with van der Waals surface area (Å²) in [5.41, 5.74) is 3.23. The lowest BCUT2D eigenvalue weighted by atomic mass is 10.2. The minimum Gasteiger partial charge on any atom is -0.351 e. The zero-order chi connectivity index (χ0) is 14.5. The normalized spacial score (nSPS) is 16.9. The monoisotopic (exact) mass is 279 g/mol. The number of nitrogens with one attached hydrogen (secondary N) is 2. The number of hydrogen-bond donors (Lipinski definition) is 2. The Morgan fingerprint density at radius 2 is 2.15 bits per heavy atom. The van der Waals surface area contributed by atoms with Gasteiger partial charge in [-0.2, -0.15) is 5.10 Å². The minimum absolute atomic E-state index is 0.0922. The fourth-order valence-corrected chi connectivity index (χ4v) is 2.58. The number of aromatic nitrogens is 2. The van der Waals surface area contributed by atoms with Crippen LogP contribution in [0.5, 0.6) is 0 Å². The third kappa shape index (κ3) is 3.80. The molecular formula is C14H25N5O. The zero-order valence-electron chi connectivity index (χ0n) is 12.7. The Bertz CT molecular complexity index is 460. The summed E-state index contributed by atoms with van der Waals surface area (Å²) in [4.78, 5) is 14.2. The molecule has 2 heterocycles. The maximum absolute atomic E-state index is 12.0. The van der Waals surface area contributed by atoms with E-state index in [-0.39, 0.29) is 5.91 Å². The highest BCUT2D eigenvalue weighted by molar-refractivity contribution is 5.78. The summed E-state index contributed by atoms with van der Waals surface area (Å²) in [5, 5.41) is 10.7. The van der Waals surface area contributed by atoms with Crippen molar-refractivity contribution in [3.05, 3.63) is 17.0 Å². The van der Waals surface area contributed by atoms with Crippen molar-refractivity contribution in [3.8, 4) is 0 Å². The minimum atomic E-state index is 0.0922. The van der Waals surface area contributed by atoms with Crippen LogP contribution in [-0.2, 0) is 18.4 Å². The predicted octanol–water partition coefficient (Wildman–Crippen LogP) is -0.0516. The van der Waals surface area contributed by atoms with Crippen LogP contribution in [0, 0.1) is 13.8 Å². The summed E-state index contributed by atoms with van der Waals surface area (Å²) in [6.45, 7) is 9.01. The first-order chi connectivity index (χ1) is 9.58. The molecule has 1 aromatic rings. The number of nitrogens with zero attached hydrogens (tertiary/aromatic N) is 3. The molecule has 1 fully saturated rings. The predicted molar refractivity (Wildman–Crippen MR) is 78.5 cm³/mol. The van der Waals surface area contributed by atoms with Crippen molar-refractivity contribution >= 4 is 5.91 Å². The SMILES string of the molecule is Cc1nn(C)c(C)c1CNC(=O)CN1CCCNCC1. The van der Waals surface area contributed by atoms with Crippen molar-refractivity contribution in [1.82, 2.24) is 25.3 Å². The van der Waals surface area contributed by atoms with Crippen LogP contribution in [0.4, 0.5) is 0 Å². The number of rotatable bonds is 4. The highest BCUT2D eigenvalue weighted by atomic mass is 16.2. The first-order valence-electron chi connectivity index (χ1n) is 7.27. The summed E-state index contributed by atoms with van der Waals surface area (Å²) in [6.07, 6.45) is 1.11. The molecule has 0 spiro atoms. The molecule has 0 unspecified atom stereocenters. The first kappa shape index (κ1) is 15.0. The van der Waals surface area contributed by atoms with Gasteiger partial charge in [0.15, 0.2) is 0 Å². The van der Waals surface area contributed by atoms with E-state index in [1.165, 1.54) is 0 Å². The van der Waals surface area contributed by atoms with Gasteiger partial charge in [0.25, 0.3) is 0 Å². The third-order valence-corrected chi connectivity index (χ3v) is 3.92. The summed E-state index contributed by atoms with van der Waals surface area (Å²) in [5.74, 6) is 0.0922. The molecule has 1 amide bonds. The number of carbonyl (C=O) groups excluding carboxylic acids is 1. The average molecular weight is 279 g/mol. The summed E-state index contributed by atoms with van der Waals surface area (Å²) in [6, 6.07) is 0. The summed E-state index contributed by atoms with van der Waals surface area (Å²) >= 11 is 0. The van der Waals surface area contributed by atoms with Gasteiger partial charge in [-0.05, 0) is 33.4 Å². The molecule has 6 heteroatoms. The molecule has 2 N–H and O–H groups in total. The second-order valence-corrected chi connectivity index (χ2v) is 5.43. The molecule has 0 aliphatic carbocycles. The quantitative estimate of drug-likeness (QED) is 0.811. The number of amides is 1. The lowest BCUT2D eigenvalue weighted by molar-refractivity contribution is -0.122. The van der Waals surface area contributed by atoms with Gasteiger partial charge in [0.05, 0.1) is 12.2 Å². The van der Waals surface area contributed by atoms with E-state index in [1.807, 2.05) is 25.6 Å². The highest BCUT2D eigenvalue weighted by Gasteiger charge is 2.14. The van der Waals surface area contributed by atoms with Crippen LogP contribution in [0.25, 0.3) is 0 Å². The van der Waals surface area contributed by atoms with E-state index >= 15 is 0 Å². The summed E-state index contributed by atoms with van der Waals surface area (Å²) < 4.78 is 1.86. The maximum Gasteiger partial charge on any atom is 0.234 e. The van der Waals surface area contributed by atoms with E-state index in [0.717, 1.165) is 49.6 Å². The Kier molecular flexibility index (Phi) is 5.14. The molecule has 0 saturated carbocycles. The van der Waals surface area contributed by atoms with Crippen LogP contribution in [0.2, 0.25) is 0 Å². The molecule has 0 aromatic carbocycles.